The molecule has 0 spiro atoms. The number of rotatable bonds is 12. The van der Waals surface area contributed by atoms with Gasteiger partial charge in [-0.3, -0.25) is 4.90 Å². The first kappa shape index (κ1) is 51.5. The lowest BCUT2D eigenvalue weighted by molar-refractivity contribution is -0.145. The highest BCUT2D eigenvalue weighted by Gasteiger charge is 2.35. The number of thiophene rings is 1. The van der Waals surface area contributed by atoms with Crippen LogP contribution in [-0.4, -0.2) is 144 Å². The third kappa shape index (κ3) is 11.8. The minimum atomic E-state index is -1.51. The zero-order valence-corrected chi connectivity index (χ0v) is 43.8. The number of aromatic nitrogens is 4. The molecule has 2 saturated heterocycles. The van der Waals surface area contributed by atoms with E-state index in [1.807, 2.05) is 19.9 Å². The number of carboxylic acid groups (broad SMARTS) is 1. The molecule has 0 amide bonds. The van der Waals surface area contributed by atoms with Crippen LogP contribution in [0.5, 0.6) is 23.1 Å². The number of nitrogens with zero attached hydrogens (tertiary/aromatic N) is 6. The van der Waals surface area contributed by atoms with Crippen molar-refractivity contribution in [2.24, 2.45) is 0 Å². The van der Waals surface area contributed by atoms with Gasteiger partial charge in [-0.25, -0.2) is 29.1 Å². The molecule has 1 N–H and O–H groups in total. The maximum atomic E-state index is 15.8. The van der Waals surface area contributed by atoms with Crippen molar-refractivity contribution in [2.75, 3.05) is 79.4 Å². The van der Waals surface area contributed by atoms with E-state index in [1.165, 1.54) is 23.2 Å². The lowest BCUT2D eigenvalue weighted by Crippen LogP contribution is -2.48. The van der Waals surface area contributed by atoms with Gasteiger partial charge in [-0.15, -0.1) is 11.3 Å². The highest BCUT2D eigenvalue weighted by Crippen LogP contribution is 2.53. The normalized spacial score (nSPS) is 23.2. The van der Waals surface area contributed by atoms with Crippen molar-refractivity contribution in [1.82, 2.24) is 29.7 Å². The van der Waals surface area contributed by atoms with Crippen molar-refractivity contribution in [1.29, 1.82) is 0 Å². The second-order valence-corrected chi connectivity index (χ2v) is 21.4. The lowest BCUT2D eigenvalue weighted by atomic mass is 9.87. The first-order valence-electron chi connectivity index (χ1n) is 25.2. The Morgan fingerprint density at radius 1 is 0.973 bits per heavy atom. The molecule has 2 aliphatic carbocycles. The van der Waals surface area contributed by atoms with Crippen LogP contribution < -0.4 is 18.9 Å². The summed E-state index contributed by atoms with van der Waals surface area (Å²) in [5.74, 6) is 0.769. The average molecular weight is 1060 g/mol. The fraction of sp³-hybridized carbons (Fsp3) is 0.500. The maximum Gasteiger partial charge on any atom is 0.345 e. The van der Waals surface area contributed by atoms with Gasteiger partial charge >= 0.3 is 5.97 Å². The van der Waals surface area contributed by atoms with Crippen LogP contribution >= 0.6 is 34.5 Å². The van der Waals surface area contributed by atoms with Crippen molar-refractivity contribution in [3.63, 3.8) is 0 Å². The average Bonchev–Trinajstić information content (AvgIpc) is 4.07. The van der Waals surface area contributed by atoms with Gasteiger partial charge in [-0.05, 0) is 105 Å². The van der Waals surface area contributed by atoms with E-state index in [9.17, 15) is 9.90 Å². The third-order valence-electron chi connectivity index (χ3n) is 14.3. The van der Waals surface area contributed by atoms with Crippen molar-refractivity contribution in [3.8, 4) is 34.3 Å². The number of alkyl halides is 1. The van der Waals surface area contributed by atoms with Gasteiger partial charge in [0.25, 0.3) is 0 Å². The van der Waals surface area contributed by atoms with Gasteiger partial charge < -0.3 is 43.2 Å². The molecule has 11 rings (SSSR count). The molecule has 0 unspecified atom stereocenters. The fourth-order valence-electron chi connectivity index (χ4n) is 10.2. The molecule has 7 heterocycles. The summed E-state index contributed by atoms with van der Waals surface area (Å²) in [7, 11) is 2.13. The second kappa shape index (κ2) is 22.9. The van der Waals surface area contributed by atoms with Crippen LogP contribution in [-0.2, 0) is 32.0 Å². The monoisotopic (exact) mass is 1060 g/mol. The van der Waals surface area contributed by atoms with Gasteiger partial charge in [0, 0.05) is 74.2 Å². The zero-order valence-electron chi connectivity index (χ0n) is 41.4. The number of benzene rings is 2. The molecular formula is C54H61Cl2FN6O9S. The summed E-state index contributed by atoms with van der Waals surface area (Å²) in [6, 6.07) is 7.13. The molecule has 15 nitrogen and oxygen atoms in total. The quantitative estimate of drug-likeness (QED) is 0.126. The largest absolute Gasteiger partial charge is 0.493 e. The van der Waals surface area contributed by atoms with Crippen molar-refractivity contribution in [3.05, 3.63) is 92.1 Å². The van der Waals surface area contributed by atoms with Crippen LogP contribution in [0.1, 0.15) is 78.0 Å². The van der Waals surface area contributed by atoms with Crippen LogP contribution in [0.15, 0.2) is 48.9 Å². The number of carboxylic acids is 1. The number of hydrogen-bond acceptors (Lipinski definition) is 15. The van der Waals surface area contributed by atoms with Gasteiger partial charge in [0.15, 0.2) is 11.6 Å². The van der Waals surface area contributed by atoms with E-state index in [0.29, 0.717) is 93.8 Å². The Kier molecular flexibility index (Phi) is 16.1. The van der Waals surface area contributed by atoms with Gasteiger partial charge in [0.05, 0.1) is 60.8 Å². The Morgan fingerprint density at radius 3 is 2.55 bits per heavy atom. The molecule has 5 aromatic rings. The summed E-state index contributed by atoms with van der Waals surface area (Å²) < 4.78 is 59.0. The molecule has 4 aliphatic heterocycles. The number of aliphatic carboxylic acids is 1. The molecule has 2 aromatic carbocycles. The third-order valence-corrected chi connectivity index (χ3v) is 16.4. The number of allylic oxidation sites excluding steroid dienone is 4. The highest BCUT2D eigenvalue weighted by molar-refractivity contribution is 7.20. The number of ether oxygens (including phenoxy) is 7. The number of hydrogen-bond donors (Lipinski definition) is 1. The Hall–Kier alpha value is -4.98. The summed E-state index contributed by atoms with van der Waals surface area (Å²) >= 11 is 16.3. The molecule has 73 heavy (non-hydrogen) atoms. The Morgan fingerprint density at radius 2 is 1.81 bits per heavy atom. The van der Waals surface area contributed by atoms with E-state index in [4.69, 9.17) is 66.3 Å². The number of halogens is 3. The van der Waals surface area contributed by atoms with Crippen molar-refractivity contribution in [2.45, 2.75) is 95.8 Å². The van der Waals surface area contributed by atoms with E-state index >= 15 is 4.39 Å². The Bertz CT molecular complexity index is 2860. The molecule has 4 bridgehead atoms. The van der Waals surface area contributed by atoms with Crippen LogP contribution in [0.25, 0.3) is 32.5 Å². The van der Waals surface area contributed by atoms with Crippen molar-refractivity contribution < 1.29 is 47.4 Å². The van der Waals surface area contributed by atoms with Gasteiger partial charge in [-0.2, -0.15) is 0 Å². The minimum absolute atomic E-state index is 0.0344. The highest BCUT2D eigenvalue weighted by atomic mass is 35.5. The first-order valence-corrected chi connectivity index (χ1v) is 26.7. The van der Waals surface area contributed by atoms with Gasteiger partial charge in [0.1, 0.15) is 47.1 Å². The summed E-state index contributed by atoms with van der Waals surface area (Å²) in [4.78, 5) is 38.4. The van der Waals surface area contributed by atoms with Crippen LogP contribution in [0.3, 0.4) is 0 Å². The predicted octanol–water partition coefficient (Wildman–Crippen LogP) is 9.78. The standard InChI is InChI=1S/C54H61Cl2FN6O9S/c1-32-43-33(2)47(56)48(46(32)55)71-39(26-63-19-17-62(3)18-20-63)13-21-68-38-8-9-41(36(24-38)25-42(53(64)65)72-51-45-44(43)49(34-6-4-5-7-34)73-52(45)60-31-59-51)70-27-37-12-16-58-50(61-37)35-10-14-54(57,15-11-35)30-67-29-40-28-66-22-23-69-40/h6,8-10,12,16,24,31,39-40,42H,4-5,7,11,13-15,17-23,25-30H2,1-3H3,(H,64,65)/t39-,40+,42+,54+/m0/s1. The number of fused-ring (bicyclic) bond motifs is 8. The molecule has 3 aromatic heterocycles. The lowest BCUT2D eigenvalue weighted by Gasteiger charge is -2.35. The van der Waals surface area contributed by atoms with Gasteiger partial charge in [-0.1, -0.05) is 35.4 Å². The van der Waals surface area contributed by atoms with E-state index in [1.54, 1.807) is 30.5 Å². The maximum absolute atomic E-state index is 15.8. The van der Waals surface area contributed by atoms with E-state index in [2.05, 4.69) is 32.9 Å². The molecule has 6 aliphatic rings. The number of piperazine rings is 1. The molecule has 0 saturated carbocycles. The van der Waals surface area contributed by atoms with E-state index in [-0.39, 0.29) is 63.8 Å². The molecule has 2 fully saturated rings. The van der Waals surface area contributed by atoms with E-state index < -0.39 is 17.7 Å². The molecule has 4 atom stereocenters. The van der Waals surface area contributed by atoms with Crippen molar-refractivity contribution >= 4 is 61.9 Å². The number of carbonyl (C=O) groups is 1. The first-order chi connectivity index (χ1) is 35.4. The zero-order chi connectivity index (χ0) is 50.6. The molecule has 0 radical (unpaired) electrons. The van der Waals surface area contributed by atoms with Crippen LogP contribution in [0.4, 0.5) is 4.39 Å². The molecule has 388 valence electrons. The number of likely N-dealkylation sites (N-methyl/N-ethyl adjacent to an activating group) is 1. The molecule has 19 heteroatoms. The fourth-order valence-corrected chi connectivity index (χ4v) is 11.9. The molecular weight excluding hydrogens is 999 g/mol. The Labute approximate surface area is 438 Å². The minimum Gasteiger partial charge on any atom is -0.493 e. The van der Waals surface area contributed by atoms with Crippen LogP contribution in [0.2, 0.25) is 10.0 Å². The predicted molar refractivity (Wildman–Crippen MR) is 278 cm³/mol. The smallest absolute Gasteiger partial charge is 0.345 e. The summed E-state index contributed by atoms with van der Waals surface area (Å²) in [6.45, 7) is 10.3. The summed E-state index contributed by atoms with van der Waals surface area (Å²) in [5.41, 5.74) is 4.77. The Balaban J connectivity index is 0.960. The topological polar surface area (TPSA) is 160 Å². The van der Waals surface area contributed by atoms with Gasteiger partial charge in [0.2, 0.25) is 12.0 Å². The summed E-state index contributed by atoms with van der Waals surface area (Å²) in [6.07, 6.45) is 9.31. The van der Waals surface area contributed by atoms with E-state index in [0.717, 1.165) is 78.1 Å². The summed E-state index contributed by atoms with van der Waals surface area (Å²) in [5, 5.41) is 12.3. The second-order valence-electron chi connectivity index (χ2n) is 19.6. The SMILES string of the molecule is Cc1c(Cl)c2c(Cl)c(C)c1-c1c(C3=CCCC3)sc3ncnc(c13)O[C@@H](C(=O)O)Cc1cc(ccc1OCc1ccnc(C3=CC[C@](F)(COC[C@H]4COCCO4)CC3)n1)OCC[C@@H](CN1CCN(C)CC1)O2. The van der Waals surface area contributed by atoms with Crippen LogP contribution in [0, 0.1) is 13.8 Å².